The zero-order valence-electron chi connectivity index (χ0n) is 13.7. The van der Waals surface area contributed by atoms with E-state index in [9.17, 15) is 14.4 Å². The molecule has 0 aliphatic carbocycles. The summed E-state index contributed by atoms with van der Waals surface area (Å²) in [6.07, 6.45) is 0.244. The lowest BCUT2D eigenvalue weighted by Crippen LogP contribution is -2.32. The number of hydrogen-bond donors (Lipinski definition) is 2. The number of ketones is 1. The lowest BCUT2D eigenvalue weighted by molar-refractivity contribution is -0.136. The third kappa shape index (κ3) is 5.27. The Balaban J connectivity index is 2.07. The predicted molar refractivity (Wildman–Crippen MR) is 97.7 cm³/mol. The van der Waals surface area contributed by atoms with E-state index in [2.05, 4.69) is 0 Å². The molecule has 0 saturated carbocycles. The van der Waals surface area contributed by atoms with Crippen molar-refractivity contribution in [3.63, 3.8) is 0 Å². The van der Waals surface area contributed by atoms with Gasteiger partial charge in [-0.25, -0.2) is 0 Å². The Morgan fingerprint density at radius 2 is 1.68 bits per heavy atom. The minimum atomic E-state index is -1.05. The topological polar surface area (TPSA) is 97.5 Å². The molecule has 0 fully saturated rings. The molecule has 0 aliphatic heterocycles. The van der Waals surface area contributed by atoms with Gasteiger partial charge in [0.2, 0.25) is 5.12 Å². The van der Waals surface area contributed by atoms with Gasteiger partial charge >= 0.3 is 5.97 Å². The number of aliphatic carboxylic acids is 1. The van der Waals surface area contributed by atoms with Crippen molar-refractivity contribution in [2.24, 2.45) is 5.73 Å². The van der Waals surface area contributed by atoms with Crippen molar-refractivity contribution in [3.05, 3.63) is 71.3 Å². The first kappa shape index (κ1) is 18.9. The Morgan fingerprint density at radius 3 is 2.32 bits per heavy atom. The molecule has 0 saturated heterocycles. The van der Waals surface area contributed by atoms with Gasteiger partial charge in [-0.1, -0.05) is 60.3 Å². The maximum atomic E-state index is 12.5. The first-order chi connectivity index (χ1) is 11.9. The molecule has 0 aromatic heterocycles. The van der Waals surface area contributed by atoms with E-state index in [1.54, 1.807) is 48.5 Å². The van der Waals surface area contributed by atoms with Crippen molar-refractivity contribution in [3.8, 4) is 0 Å². The number of benzene rings is 2. The molecule has 6 heteroatoms. The van der Waals surface area contributed by atoms with Crippen molar-refractivity contribution >= 4 is 28.6 Å². The molecule has 0 aliphatic rings. The van der Waals surface area contributed by atoms with Gasteiger partial charge < -0.3 is 10.8 Å². The normalized spacial score (nSPS) is 13.0. The van der Waals surface area contributed by atoms with Crippen LogP contribution >= 0.6 is 11.8 Å². The van der Waals surface area contributed by atoms with E-state index in [1.165, 1.54) is 6.92 Å². The number of carboxylic acids is 1. The van der Waals surface area contributed by atoms with Gasteiger partial charge in [0.05, 0.1) is 6.04 Å². The summed E-state index contributed by atoms with van der Waals surface area (Å²) in [5.74, 6) is -1.16. The van der Waals surface area contributed by atoms with Gasteiger partial charge in [0, 0.05) is 11.1 Å². The highest BCUT2D eigenvalue weighted by Crippen LogP contribution is 2.17. The smallest absolute Gasteiger partial charge is 0.316 e. The minimum Gasteiger partial charge on any atom is -0.480 e. The van der Waals surface area contributed by atoms with Crippen LogP contribution in [0.2, 0.25) is 0 Å². The summed E-state index contributed by atoms with van der Waals surface area (Å²) < 4.78 is 0. The molecule has 0 radical (unpaired) electrons. The molecule has 3 N–H and O–H groups in total. The highest BCUT2D eigenvalue weighted by Gasteiger charge is 2.22. The van der Waals surface area contributed by atoms with Gasteiger partial charge in [-0.2, -0.15) is 0 Å². The summed E-state index contributed by atoms with van der Waals surface area (Å²) in [6.45, 7) is 1.44. The Labute approximate surface area is 150 Å². The average Bonchev–Trinajstić information content (AvgIpc) is 2.61. The van der Waals surface area contributed by atoms with Crippen LogP contribution in [0.15, 0.2) is 54.6 Å². The van der Waals surface area contributed by atoms with E-state index in [1.807, 2.05) is 6.07 Å². The molecule has 0 bridgehead atoms. The third-order valence-corrected chi connectivity index (χ3v) is 4.71. The Hall–Kier alpha value is -2.44. The van der Waals surface area contributed by atoms with E-state index >= 15 is 0 Å². The third-order valence-electron chi connectivity index (χ3n) is 3.62. The van der Waals surface area contributed by atoms with Crippen LogP contribution < -0.4 is 5.73 Å². The number of hydrogen-bond acceptors (Lipinski definition) is 5. The Kier molecular flexibility index (Phi) is 6.50. The molecule has 2 aromatic rings. The van der Waals surface area contributed by atoms with Crippen LogP contribution in [-0.2, 0) is 16.0 Å². The second-order valence-corrected chi connectivity index (χ2v) is 6.97. The van der Waals surface area contributed by atoms with Crippen molar-refractivity contribution in [2.75, 3.05) is 0 Å². The van der Waals surface area contributed by atoms with Gasteiger partial charge in [-0.15, -0.1) is 0 Å². The molecule has 0 heterocycles. The van der Waals surface area contributed by atoms with Crippen LogP contribution in [0.4, 0.5) is 0 Å². The van der Waals surface area contributed by atoms with E-state index in [4.69, 9.17) is 10.8 Å². The SMILES string of the molecule is CC(SC(=O)C(N)Cc1cccc(C(=O)c2ccccc2)c1)C(=O)O. The second-order valence-electron chi connectivity index (χ2n) is 5.62. The first-order valence-corrected chi connectivity index (χ1v) is 8.64. The Morgan fingerprint density at radius 1 is 1.04 bits per heavy atom. The molecule has 2 aromatic carbocycles. The molecular formula is C19H19NO4S. The molecule has 2 rings (SSSR count). The highest BCUT2D eigenvalue weighted by molar-refractivity contribution is 8.14. The number of thioether (sulfide) groups is 1. The van der Waals surface area contributed by atoms with Crippen molar-refractivity contribution in [1.82, 2.24) is 0 Å². The molecular weight excluding hydrogens is 338 g/mol. The van der Waals surface area contributed by atoms with E-state index in [0.717, 1.165) is 5.56 Å². The molecule has 5 nitrogen and oxygen atoms in total. The van der Waals surface area contributed by atoms with Gasteiger partial charge in [0.25, 0.3) is 0 Å². The maximum Gasteiger partial charge on any atom is 0.316 e. The summed E-state index contributed by atoms with van der Waals surface area (Å²) in [7, 11) is 0. The highest BCUT2D eigenvalue weighted by atomic mass is 32.2. The largest absolute Gasteiger partial charge is 0.480 e. The van der Waals surface area contributed by atoms with Gasteiger partial charge in [-0.05, 0) is 25.0 Å². The maximum absolute atomic E-state index is 12.5. The van der Waals surface area contributed by atoms with Crippen LogP contribution in [0.25, 0.3) is 0 Å². The van der Waals surface area contributed by atoms with Crippen LogP contribution in [-0.4, -0.2) is 33.3 Å². The molecule has 2 unspecified atom stereocenters. The van der Waals surface area contributed by atoms with Gasteiger partial charge in [0.15, 0.2) is 5.78 Å². The van der Waals surface area contributed by atoms with Gasteiger partial charge in [-0.3, -0.25) is 14.4 Å². The fourth-order valence-electron chi connectivity index (χ4n) is 2.25. The summed E-state index contributed by atoms with van der Waals surface area (Å²) in [5, 5.41) is 7.63. The number of rotatable bonds is 7. The minimum absolute atomic E-state index is 0.101. The summed E-state index contributed by atoms with van der Waals surface area (Å²) in [5.41, 5.74) is 7.75. The van der Waals surface area contributed by atoms with Crippen LogP contribution in [0, 0.1) is 0 Å². The fraction of sp³-hybridized carbons (Fsp3) is 0.211. The van der Waals surface area contributed by atoms with E-state index in [0.29, 0.717) is 22.9 Å². The second kappa shape index (κ2) is 8.60. The lowest BCUT2D eigenvalue weighted by Gasteiger charge is -2.12. The molecule has 0 spiro atoms. The average molecular weight is 357 g/mol. The summed E-state index contributed by atoms with van der Waals surface area (Å²) >= 11 is 0.712. The zero-order valence-corrected chi connectivity index (χ0v) is 14.5. The summed E-state index contributed by atoms with van der Waals surface area (Å²) in [4.78, 5) is 35.3. The Bertz CT molecular complexity index is 776. The monoisotopic (exact) mass is 357 g/mol. The van der Waals surface area contributed by atoms with Crippen molar-refractivity contribution in [1.29, 1.82) is 0 Å². The van der Waals surface area contributed by atoms with E-state index in [-0.39, 0.29) is 17.3 Å². The molecule has 130 valence electrons. The van der Waals surface area contributed by atoms with E-state index < -0.39 is 17.3 Å². The zero-order chi connectivity index (χ0) is 18.4. The van der Waals surface area contributed by atoms with Crippen molar-refractivity contribution < 1.29 is 19.5 Å². The van der Waals surface area contributed by atoms with Crippen LogP contribution in [0.1, 0.15) is 28.4 Å². The number of nitrogens with two attached hydrogens (primary N) is 1. The van der Waals surface area contributed by atoms with Crippen molar-refractivity contribution in [2.45, 2.75) is 24.6 Å². The number of carboxylic acid groups (broad SMARTS) is 1. The van der Waals surface area contributed by atoms with Gasteiger partial charge in [0.1, 0.15) is 5.25 Å². The number of carbonyl (C=O) groups is 3. The lowest BCUT2D eigenvalue weighted by atomic mass is 9.99. The quantitative estimate of drug-likeness (QED) is 0.739. The standard InChI is InChI=1S/C19H19NO4S/c1-12(18(22)23)25-19(24)16(20)11-13-6-5-9-15(10-13)17(21)14-7-3-2-4-8-14/h2-10,12,16H,11,20H2,1H3,(H,22,23). The summed E-state index contributed by atoms with van der Waals surface area (Å²) in [6, 6.07) is 15.1. The molecule has 2 atom stereocenters. The molecule has 0 amide bonds. The van der Waals surface area contributed by atoms with Crippen LogP contribution in [0.5, 0.6) is 0 Å². The van der Waals surface area contributed by atoms with Crippen LogP contribution in [0.3, 0.4) is 0 Å². The molecule has 25 heavy (non-hydrogen) atoms. The first-order valence-electron chi connectivity index (χ1n) is 7.76. The predicted octanol–water partition coefficient (Wildman–Crippen LogP) is 2.52. The number of carbonyl (C=O) groups excluding carboxylic acids is 2. The fourth-order valence-corrected chi connectivity index (χ4v) is 2.95.